The average Bonchev–Trinajstić information content (AvgIpc) is 3.26. The summed E-state index contributed by atoms with van der Waals surface area (Å²) in [4.78, 5) is 30.8. The molecule has 7 heteroatoms. The molecule has 0 radical (unpaired) electrons. The topological polar surface area (TPSA) is 83.6 Å². The smallest absolute Gasteiger partial charge is 0.251 e. The highest BCUT2D eigenvalue weighted by molar-refractivity contribution is 5.96. The van der Waals surface area contributed by atoms with E-state index in [4.69, 9.17) is 4.74 Å². The highest BCUT2D eigenvalue weighted by atomic mass is 16.5. The molecule has 0 aliphatic carbocycles. The third-order valence-corrected chi connectivity index (χ3v) is 4.57. The van der Waals surface area contributed by atoms with Gasteiger partial charge in [0.1, 0.15) is 11.6 Å². The minimum Gasteiger partial charge on any atom is -0.494 e. The molecule has 1 saturated heterocycles. The standard InChI is InChI=1S/C21H26N4O3/c1-2-28-18-8-6-17(7-9-18)21(27)24-15-20(26)23-14-16-5-10-19(22-13-16)25-11-3-4-12-25/h5-10,13H,2-4,11-12,14-15H2,1H3,(H,23,26)(H,24,27). The molecule has 28 heavy (non-hydrogen) atoms. The Morgan fingerprint density at radius 3 is 2.46 bits per heavy atom. The number of aromatic nitrogens is 1. The Labute approximate surface area is 165 Å². The lowest BCUT2D eigenvalue weighted by Crippen LogP contribution is -2.36. The third kappa shape index (κ3) is 5.45. The first-order valence-corrected chi connectivity index (χ1v) is 9.63. The van der Waals surface area contributed by atoms with Crippen molar-refractivity contribution in [2.75, 3.05) is 31.1 Å². The summed E-state index contributed by atoms with van der Waals surface area (Å²) in [6, 6.07) is 10.8. The lowest BCUT2D eigenvalue weighted by atomic mass is 10.2. The van der Waals surface area contributed by atoms with Gasteiger partial charge in [0.25, 0.3) is 5.91 Å². The quantitative estimate of drug-likeness (QED) is 0.731. The van der Waals surface area contributed by atoms with Crippen molar-refractivity contribution in [2.45, 2.75) is 26.3 Å². The molecule has 1 aromatic heterocycles. The first-order valence-electron chi connectivity index (χ1n) is 9.63. The van der Waals surface area contributed by atoms with Crippen LogP contribution in [0.25, 0.3) is 0 Å². The van der Waals surface area contributed by atoms with Crippen molar-refractivity contribution in [3.8, 4) is 5.75 Å². The Balaban J connectivity index is 1.40. The Morgan fingerprint density at radius 1 is 1.07 bits per heavy atom. The fourth-order valence-corrected chi connectivity index (χ4v) is 3.05. The van der Waals surface area contributed by atoms with Gasteiger partial charge < -0.3 is 20.3 Å². The maximum absolute atomic E-state index is 12.1. The number of nitrogens with one attached hydrogen (secondary N) is 2. The van der Waals surface area contributed by atoms with Crippen LogP contribution in [-0.4, -0.2) is 43.0 Å². The number of pyridine rings is 1. The van der Waals surface area contributed by atoms with E-state index in [9.17, 15) is 9.59 Å². The van der Waals surface area contributed by atoms with Crippen molar-refractivity contribution in [3.05, 3.63) is 53.7 Å². The lowest BCUT2D eigenvalue weighted by Gasteiger charge is -2.16. The average molecular weight is 382 g/mol. The molecule has 1 aliphatic heterocycles. The highest BCUT2D eigenvalue weighted by Gasteiger charge is 2.13. The highest BCUT2D eigenvalue weighted by Crippen LogP contribution is 2.17. The van der Waals surface area contributed by atoms with Crippen molar-refractivity contribution >= 4 is 17.6 Å². The summed E-state index contributed by atoms with van der Waals surface area (Å²) in [7, 11) is 0. The molecule has 0 bridgehead atoms. The van der Waals surface area contributed by atoms with E-state index in [1.165, 1.54) is 12.8 Å². The Hall–Kier alpha value is -3.09. The van der Waals surface area contributed by atoms with Crippen LogP contribution in [0.1, 0.15) is 35.7 Å². The van der Waals surface area contributed by atoms with Crippen LogP contribution in [0.5, 0.6) is 5.75 Å². The molecule has 0 atom stereocenters. The second-order valence-corrected chi connectivity index (χ2v) is 6.64. The number of hydrogen-bond donors (Lipinski definition) is 2. The maximum Gasteiger partial charge on any atom is 0.251 e. The Bertz CT molecular complexity index is 784. The summed E-state index contributed by atoms with van der Waals surface area (Å²) >= 11 is 0. The number of rotatable bonds is 8. The van der Waals surface area contributed by atoms with Crippen LogP contribution >= 0.6 is 0 Å². The molecule has 148 valence electrons. The lowest BCUT2D eigenvalue weighted by molar-refractivity contribution is -0.120. The van der Waals surface area contributed by atoms with Gasteiger partial charge in [-0.25, -0.2) is 4.98 Å². The van der Waals surface area contributed by atoms with Crippen LogP contribution < -0.4 is 20.3 Å². The molecule has 2 N–H and O–H groups in total. The molecular formula is C21H26N4O3. The fourth-order valence-electron chi connectivity index (χ4n) is 3.05. The number of nitrogens with zero attached hydrogens (tertiary/aromatic N) is 2. The van der Waals surface area contributed by atoms with E-state index in [0.717, 1.165) is 24.5 Å². The van der Waals surface area contributed by atoms with Gasteiger partial charge >= 0.3 is 0 Å². The number of anilines is 1. The first-order chi connectivity index (χ1) is 13.7. The summed E-state index contributed by atoms with van der Waals surface area (Å²) in [6.07, 6.45) is 4.20. The zero-order valence-electron chi connectivity index (χ0n) is 16.1. The van der Waals surface area contributed by atoms with Gasteiger partial charge in [0.05, 0.1) is 13.2 Å². The fraction of sp³-hybridized carbons (Fsp3) is 0.381. The van der Waals surface area contributed by atoms with E-state index in [1.807, 2.05) is 19.1 Å². The molecule has 2 aromatic rings. The summed E-state index contributed by atoms with van der Waals surface area (Å²) in [6.45, 7) is 4.88. The maximum atomic E-state index is 12.1. The van der Waals surface area contributed by atoms with Crippen LogP contribution in [-0.2, 0) is 11.3 Å². The van der Waals surface area contributed by atoms with Crippen molar-refractivity contribution in [1.82, 2.24) is 15.6 Å². The largest absolute Gasteiger partial charge is 0.494 e. The van der Waals surface area contributed by atoms with Gasteiger partial charge in [-0.15, -0.1) is 0 Å². The van der Waals surface area contributed by atoms with Crippen LogP contribution in [0.4, 0.5) is 5.82 Å². The zero-order valence-corrected chi connectivity index (χ0v) is 16.1. The van der Waals surface area contributed by atoms with Crippen LogP contribution in [0.2, 0.25) is 0 Å². The van der Waals surface area contributed by atoms with Gasteiger partial charge in [-0.2, -0.15) is 0 Å². The predicted octanol–water partition coefficient (Wildman–Crippen LogP) is 2.13. The number of ether oxygens (including phenoxy) is 1. The second-order valence-electron chi connectivity index (χ2n) is 6.64. The van der Waals surface area contributed by atoms with Gasteiger partial charge in [0, 0.05) is 31.4 Å². The van der Waals surface area contributed by atoms with E-state index in [-0.39, 0.29) is 18.4 Å². The number of carbonyl (C=O) groups is 2. The van der Waals surface area contributed by atoms with Gasteiger partial charge in [-0.05, 0) is 55.7 Å². The van der Waals surface area contributed by atoms with E-state index < -0.39 is 0 Å². The Kier molecular flexibility index (Phi) is 6.84. The second kappa shape index (κ2) is 9.73. The van der Waals surface area contributed by atoms with Gasteiger partial charge in [0.15, 0.2) is 0 Å². The van der Waals surface area contributed by atoms with Crippen LogP contribution in [0.15, 0.2) is 42.6 Å². The van der Waals surface area contributed by atoms with Crippen LogP contribution in [0.3, 0.4) is 0 Å². The van der Waals surface area contributed by atoms with Crippen LogP contribution in [0, 0.1) is 0 Å². The Morgan fingerprint density at radius 2 is 1.82 bits per heavy atom. The number of hydrogen-bond acceptors (Lipinski definition) is 5. The zero-order chi connectivity index (χ0) is 19.8. The molecule has 1 aliphatic rings. The summed E-state index contributed by atoms with van der Waals surface area (Å²) in [5.74, 6) is 1.15. The van der Waals surface area contributed by atoms with E-state index in [1.54, 1.807) is 30.5 Å². The van der Waals surface area contributed by atoms with Crippen molar-refractivity contribution < 1.29 is 14.3 Å². The summed E-state index contributed by atoms with van der Waals surface area (Å²) in [5, 5.41) is 5.41. The minimum absolute atomic E-state index is 0.0780. The van der Waals surface area contributed by atoms with E-state index in [0.29, 0.717) is 24.5 Å². The first kappa shape index (κ1) is 19.7. The molecule has 0 unspecified atom stereocenters. The summed E-state index contributed by atoms with van der Waals surface area (Å²) in [5.41, 5.74) is 1.41. The third-order valence-electron chi connectivity index (χ3n) is 4.57. The van der Waals surface area contributed by atoms with Crippen molar-refractivity contribution in [2.24, 2.45) is 0 Å². The number of carbonyl (C=O) groups excluding carboxylic acids is 2. The molecule has 2 amide bonds. The SMILES string of the molecule is CCOc1ccc(C(=O)NCC(=O)NCc2ccc(N3CCCC3)nc2)cc1. The van der Waals surface area contributed by atoms with E-state index in [2.05, 4.69) is 20.5 Å². The van der Waals surface area contributed by atoms with Gasteiger partial charge in [-0.3, -0.25) is 9.59 Å². The monoisotopic (exact) mass is 382 g/mol. The molecule has 7 nitrogen and oxygen atoms in total. The predicted molar refractivity (Wildman–Crippen MR) is 107 cm³/mol. The van der Waals surface area contributed by atoms with E-state index >= 15 is 0 Å². The number of amides is 2. The van der Waals surface area contributed by atoms with Gasteiger partial charge in [-0.1, -0.05) is 6.07 Å². The number of benzene rings is 1. The van der Waals surface area contributed by atoms with Gasteiger partial charge in [0.2, 0.25) is 5.91 Å². The molecule has 2 heterocycles. The normalized spacial score (nSPS) is 13.2. The van der Waals surface area contributed by atoms with Crippen molar-refractivity contribution in [1.29, 1.82) is 0 Å². The molecule has 0 saturated carbocycles. The molecule has 1 fully saturated rings. The molecule has 0 spiro atoms. The minimum atomic E-state index is -0.296. The van der Waals surface area contributed by atoms with Crippen molar-refractivity contribution in [3.63, 3.8) is 0 Å². The molecular weight excluding hydrogens is 356 g/mol. The molecule has 3 rings (SSSR count). The summed E-state index contributed by atoms with van der Waals surface area (Å²) < 4.78 is 5.35. The molecule has 1 aromatic carbocycles.